The normalized spacial score (nSPS) is 24.7. The number of likely N-dealkylation sites (tertiary alicyclic amines) is 1. The molecule has 21 heavy (non-hydrogen) atoms. The van der Waals surface area contributed by atoms with Gasteiger partial charge in [-0.3, -0.25) is 4.79 Å². The molecule has 0 aromatic heterocycles. The lowest BCUT2D eigenvalue weighted by atomic mass is 9.81. The quantitative estimate of drug-likeness (QED) is 0.803. The number of esters is 1. The van der Waals surface area contributed by atoms with Gasteiger partial charge in [0.1, 0.15) is 6.61 Å². The molecule has 1 fully saturated rings. The van der Waals surface area contributed by atoms with Crippen molar-refractivity contribution in [1.29, 1.82) is 0 Å². The molecule has 0 N–H and O–H groups in total. The molecule has 5 heteroatoms. The third-order valence-corrected chi connectivity index (χ3v) is 4.22. The molecule has 0 radical (unpaired) electrons. The molecule has 1 heterocycles. The van der Waals surface area contributed by atoms with Crippen LogP contribution in [0.4, 0.5) is 4.79 Å². The third kappa shape index (κ3) is 3.17. The van der Waals surface area contributed by atoms with Crippen molar-refractivity contribution in [3.63, 3.8) is 0 Å². The average molecular weight is 291 g/mol. The SMILES string of the molecule is COC(=O)[C@@]1(C)CN(C(=O)OCc2ccccc2)C[C@H]1C. The number of hydrogen-bond acceptors (Lipinski definition) is 4. The van der Waals surface area contributed by atoms with Crippen molar-refractivity contribution < 1.29 is 19.1 Å². The van der Waals surface area contributed by atoms with E-state index in [1.807, 2.05) is 44.2 Å². The summed E-state index contributed by atoms with van der Waals surface area (Å²) in [5, 5.41) is 0. The van der Waals surface area contributed by atoms with Gasteiger partial charge in [0, 0.05) is 13.1 Å². The van der Waals surface area contributed by atoms with E-state index in [9.17, 15) is 9.59 Å². The molecule has 0 aliphatic carbocycles. The van der Waals surface area contributed by atoms with Gasteiger partial charge in [-0.05, 0) is 18.4 Å². The van der Waals surface area contributed by atoms with E-state index in [1.54, 1.807) is 4.90 Å². The summed E-state index contributed by atoms with van der Waals surface area (Å²) in [6.45, 7) is 4.84. The molecule has 1 aromatic carbocycles. The number of nitrogens with zero attached hydrogens (tertiary/aromatic N) is 1. The molecule has 1 aromatic rings. The second kappa shape index (κ2) is 6.16. The highest BCUT2D eigenvalue weighted by molar-refractivity contribution is 5.79. The van der Waals surface area contributed by atoms with Gasteiger partial charge in [-0.25, -0.2) is 4.79 Å². The van der Waals surface area contributed by atoms with Gasteiger partial charge in [-0.15, -0.1) is 0 Å². The Labute approximate surface area is 124 Å². The molecule has 0 spiro atoms. The highest BCUT2D eigenvalue weighted by atomic mass is 16.6. The molecule has 1 saturated heterocycles. The van der Waals surface area contributed by atoms with E-state index in [0.29, 0.717) is 13.1 Å². The van der Waals surface area contributed by atoms with E-state index in [2.05, 4.69) is 0 Å². The summed E-state index contributed by atoms with van der Waals surface area (Å²) in [5.41, 5.74) is 0.273. The molecule has 0 saturated carbocycles. The van der Waals surface area contributed by atoms with Crippen LogP contribution in [0.3, 0.4) is 0 Å². The maximum absolute atomic E-state index is 12.1. The topological polar surface area (TPSA) is 55.8 Å². The minimum Gasteiger partial charge on any atom is -0.469 e. The molecule has 1 aliphatic heterocycles. The predicted molar refractivity (Wildman–Crippen MR) is 77.5 cm³/mol. The van der Waals surface area contributed by atoms with E-state index in [1.165, 1.54) is 7.11 Å². The monoisotopic (exact) mass is 291 g/mol. The largest absolute Gasteiger partial charge is 0.469 e. The fraction of sp³-hybridized carbons (Fsp3) is 0.500. The van der Waals surface area contributed by atoms with E-state index in [-0.39, 0.29) is 18.5 Å². The van der Waals surface area contributed by atoms with Crippen molar-refractivity contribution in [1.82, 2.24) is 4.90 Å². The first kappa shape index (κ1) is 15.4. The van der Waals surface area contributed by atoms with Crippen LogP contribution in [-0.2, 0) is 20.9 Å². The second-order valence-electron chi connectivity index (χ2n) is 5.73. The lowest BCUT2D eigenvalue weighted by Gasteiger charge is -2.24. The van der Waals surface area contributed by atoms with E-state index in [0.717, 1.165) is 5.56 Å². The Balaban J connectivity index is 1.94. The van der Waals surface area contributed by atoms with Crippen molar-refractivity contribution >= 4 is 12.1 Å². The van der Waals surface area contributed by atoms with Gasteiger partial charge in [-0.1, -0.05) is 37.3 Å². The Bertz CT molecular complexity index is 516. The molecular formula is C16H21NO4. The zero-order valence-corrected chi connectivity index (χ0v) is 12.7. The molecule has 0 bridgehead atoms. The van der Waals surface area contributed by atoms with Gasteiger partial charge in [-0.2, -0.15) is 0 Å². The lowest BCUT2D eigenvalue weighted by Crippen LogP contribution is -2.37. The minimum absolute atomic E-state index is 0.0363. The van der Waals surface area contributed by atoms with Gasteiger partial charge < -0.3 is 14.4 Å². The number of rotatable bonds is 3. The Morgan fingerprint density at radius 3 is 2.62 bits per heavy atom. The van der Waals surface area contributed by atoms with Gasteiger partial charge in [0.2, 0.25) is 0 Å². The predicted octanol–water partition coefficient (Wildman–Crippen LogP) is 2.45. The molecule has 0 unspecified atom stereocenters. The Kier molecular flexibility index (Phi) is 4.50. The number of carbonyl (C=O) groups is 2. The van der Waals surface area contributed by atoms with Crippen molar-refractivity contribution in [2.75, 3.05) is 20.2 Å². The summed E-state index contributed by atoms with van der Waals surface area (Å²) in [4.78, 5) is 25.6. The van der Waals surface area contributed by atoms with Crippen molar-refractivity contribution in [3.05, 3.63) is 35.9 Å². The van der Waals surface area contributed by atoms with Crippen LogP contribution in [0, 0.1) is 11.3 Å². The summed E-state index contributed by atoms with van der Waals surface area (Å²) in [7, 11) is 1.37. The van der Waals surface area contributed by atoms with Crippen LogP contribution in [0.5, 0.6) is 0 Å². The van der Waals surface area contributed by atoms with Crippen LogP contribution in [0.1, 0.15) is 19.4 Å². The van der Waals surface area contributed by atoms with Crippen molar-refractivity contribution in [2.24, 2.45) is 11.3 Å². The second-order valence-corrected chi connectivity index (χ2v) is 5.73. The van der Waals surface area contributed by atoms with Crippen LogP contribution < -0.4 is 0 Å². The van der Waals surface area contributed by atoms with Crippen LogP contribution in [0.15, 0.2) is 30.3 Å². The Hall–Kier alpha value is -2.04. The fourth-order valence-electron chi connectivity index (χ4n) is 2.60. The Morgan fingerprint density at radius 1 is 1.33 bits per heavy atom. The third-order valence-electron chi connectivity index (χ3n) is 4.22. The molecule has 1 amide bonds. The van der Waals surface area contributed by atoms with E-state index in [4.69, 9.17) is 9.47 Å². The lowest BCUT2D eigenvalue weighted by molar-refractivity contribution is -0.152. The summed E-state index contributed by atoms with van der Waals surface area (Å²) in [5.74, 6) is -0.248. The maximum Gasteiger partial charge on any atom is 0.410 e. The first-order valence-electron chi connectivity index (χ1n) is 7.01. The molecule has 2 atom stereocenters. The number of methoxy groups -OCH3 is 1. The van der Waals surface area contributed by atoms with Crippen LogP contribution in [-0.4, -0.2) is 37.2 Å². The van der Waals surface area contributed by atoms with E-state index >= 15 is 0 Å². The maximum atomic E-state index is 12.1. The minimum atomic E-state index is -0.666. The number of amides is 1. The highest BCUT2D eigenvalue weighted by Crippen LogP contribution is 2.36. The summed E-state index contributed by atoms with van der Waals surface area (Å²) < 4.78 is 10.1. The van der Waals surface area contributed by atoms with Crippen molar-refractivity contribution in [2.45, 2.75) is 20.5 Å². The molecule has 114 valence electrons. The summed E-state index contributed by atoms with van der Waals surface area (Å²) >= 11 is 0. The van der Waals surface area contributed by atoms with Crippen LogP contribution in [0.2, 0.25) is 0 Å². The molecule has 5 nitrogen and oxygen atoms in total. The highest BCUT2D eigenvalue weighted by Gasteiger charge is 2.49. The van der Waals surface area contributed by atoms with Gasteiger partial charge in [0.15, 0.2) is 0 Å². The van der Waals surface area contributed by atoms with Crippen LogP contribution in [0.25, 0.3) is 0 Å². The number of carbonyl (C=O) groups excluding carboxylic acids is 2. The van der Waals surface area contributed by atoms with Crippen molar-refractivity contribution in [3.8, 4) is 0 Å². The number of hydrogen-bond donors (Lipinski definition) is 0. The summed E-state index contributed by atoms with van der Waals surface area (Å²) in [6, 6.07) is 9.51. The number of ether oxygens (including phenoxy) is 2. The number of benzene rings is 1. The van der Waals surface area contributed by atoms with Gasteiger partial charge in [0.25, 0.3) is 0 Å². The van der Waals surface area contributed by atoms with Gasteiger partial charge in [0.05, 0.1) is 12.5 Å². The Morgan fingerprint density at radius 2 is 2.00 bits per heavy atom. The molecular weight excluding hydrogens is 270 g/mol. The van der Waals surface area contributed by atoms with E-state index < -0.39 is 11.5 Å². The smallest absolute Gasteiger partial charge is 0.410 e. The standard InChI is InChI=1S/C16H21NO4/c1-12-9-17(11-16(12,2)14(18)20-3)15(19)21-10-13-7-5-4-6-8-13/h4-8,12H,9-11H2,1-3H3/t12-,16+/m1/s1. The first-order valence-corrected chi connectivity index (χ1v) is 7.01. The summed E-state index contributed by atoms with van der Waals surface area (Å²) in [6.07, 6.45) is -0.390. The zero-order chi connectivity index (χ0) is 15.5. The first-order chi connectivity index (χ1) is 9.97. The molecule has 2 rings (SSSR count). The fourth-order valence-corrected chi connectivity index (χ4v) is 2.60. The molecule has 1 aliphatic rings. The average Bonchev–Trinajstić information content (AvgIpc) is 2.82. The van der Waals surface area contributed by atoms with Gasteiger partial charge >= 0.3 is 12.1 Å². The zero-order valence-electron chi connectivity index (χ0n) is 12.7. The van der Waals surface area contributed by atoms with Crippen LogP contribution >= 0.6 is 0 Å².